The van der Waals surface area contributed by atoms with Crippen LogP contribution >= 0.6 is 11.3 Å². The highest BCUT2D eigenvalue weighted by atomic mass is 32.2. The summed E-state index contributed by atoms with van der Waals surface area (Å²) in [4.78, 5) is 26.9. The molecule has 1 aromatic heterocycles. The SMILES string of the molecule is CS(=O)(=O)N1CCCC1C(=O)Nc1nc2ccc([N+](=O)[O-])cc2s1. The highest BCUT2D eigenvalue weighted by Crippen LogP contribution is 2.30. The third-order valence-corrected chi connectivity index (χ3v) is 5.97. The largest absolute Gasteiger partial charge is 0.301 e. The minimum atomic E-state index is -3.45. The number of rotatable bonds is 4. The molecule has 2 aromatic rings. The zero-order valence-corrected chi connectivity index (χ0v) is 14.3. The minimum Gasteiger partial charge on any atom is -0.301 e. The number of anilines is 1. The van der Waals surface area contributed by atoms with E-state index in [1.807, 2.05) is 0 Å². The van der Waals surface area contributed by atoms with Crippen LogP contribution in [0.5, 0.6) is 0 Å². The van der Waals surface area contributed by atoms with Crippen LogP contribution < -0.4 is 5.32 Å². The number of hydrogen-bond donors (Lipinski definition) is 1. The van der Waals surface area contributed by atoms with Gasteiger partial charge in [0.15, 0.2) is 5.13 Å². The van der Waals surface area contributed by atoms with E-state index >= 15 is 0 Å². The summed E-state index contributed by atoms with van der Waals surface area (Å²) in [7, 11) is -3.45. The lowest BCUT2D eigenvalue weighted by Gasteiger charge is -2.20. The maximum absolute atomic E-state index is 12.4. The number of amides is 1. The molecule has 0 saturated carbocycles. The molecule has 1 N–H and O–H groups in total. The van der Waals surface area contributed by atoms with Gasteiger partial charge in [0.2, 0.25) is 15.9 Å². The summed E-state index contributed by atoms with van der Waals surface area (Å²) in [5, 5.41) is 13.7. The number of nitrogens with one attached hydrogen (secondary N) is 1. The van der Waals surface area contributed by atoms with Crippen LogP contribution in [0.15, 0.2) is 18.2 Å². The zero-order valence-electron chi connectivity index (χ0n) is 12.6. The van der Waals surface area contributed by atoms with Crippen molar-refractivity contribution in [1.29, 1.82) is 0 Å². The van der Waals surface area contributed by atoms with E-state index in [0.29, 0.717) is 29.6 Å². The van der Waals surface area contributed by atoms with Gasteiger partial charge in [0.25, 0.3) is 5.69 Å². The van der Waals surface area contributed by atoms with Crippen LogP contribution in [0.25, 0.3) is 10.2 Å². The number of non-ortho nitro benzene ring substituents is 1. The number of hydrogen-bond acceptors (Lipinski definition) is 7. The molecule has 1 amide bonds. The van der Waals surface area contributed by atoms with Crippen molar-refractivity contribution >= 4 is 48.3 Å². The number of nitrogens with zero attached hydrogens (tertiary/aromatic N) is 3. The Morgan fingerprint density at radius 3 is 2.92 bits per heavy atom. The van der Waals surface area contributed by atoms with Crippen LogP contribution in [-0.4, -0.2) is 47.4 Å². The van der Waals surface area contributed by atoms with E-state index in [-0.39, 0.29) is 10.8 Å². The second kappa shape index (κ2) is 6.07. The first kappa shape index (κ1) is 16.7. The van der Waals surface area contributed by atoms with E-state index in [2.05, 4.69) is 10.3 Å². The lowest BCUT2D eigenvalue weighted by atomic mass is 10.2. The van der Waals surface area contributed by atoms with E-state index in [4.69, 9.17) is 0 Å². The summed E-state index contributed by atoms with van der Waals surface area (Å²) in [6, 6.07) is 3.50. The average Bonchev–Trinajstić information content (AvgIpc) is 3.11. The molecule has 0 spiro atoms. The lowest BCUT2D eigenvalue weighted by Crippen LogP contribution is -2.42. The summed E-state index contributed by atoms with van der Waals surface area (Å²) in [6.45, 7) is 0.322. The Morgan fingerprint density at radius 2 is 2.25 bits per heavy atom. The normalized spacial score (nSPS) is 18.8. The van der Waals surface area contributed by atoms with E-state index in [1.54, 1.807) is 0 Å². The Bertz CT molecular complexity index is 924. The lowest BCUT2D eigenvalue weighted by molar-refractivity contribution is -0.384. The number of sulfonamides is 1. The van der Waals surface area contributed by atoms with Gasteiger partial charge in [0.05, 0.1) is 21.4 Å². The predicted octanol–water partition coefficient (Wildman–Crippen LogP) is 1.57. The maximum Gasteiger partial charge on any atom is 0.270 e. The van der Waals surface area contributed by atoms with Crippen LogP contribution in [0.2, 0.25) is 0 Å². The van der Waals surface area contributed by atoms with Crippen molar-refractivity contribution < 1.29 is 18.1 Å². The number of carbonyl (C=O) groups excluding carboxylic acids is 1. The number of carbonyl (C=O) groups is 1. The second-order valence-corrected chi connectivity index (χ2v) is 8.41. The Morgan fingerprint density at radius 1 is 1.50 bits per heavy atom. The summed E-state index contributed by atoms with van der Waals surface area (Å²) in [6.07, 6.45) is 2.15. The average molecular weight is 370 g/mol. The molecule has 1 saturated heterocycles. The van der Waals surface area contributed by atoms with Gasteiger partial charge in [-0.25, -0.2) is 13.4 Å². The molecule has 1 fully saturated rings. The highest BCUT2D eigenvalue weighted by molar-refractivity contribution is 7.88. The first-order valence-electron chi connectivity index (χ1n) is 7.08. The molecule has 2 heterocycles. The molecule has 24 heavy (non-hydrogen) atoms. The van der Waals surface area contributed by atoms with E-state index in [1.165, 1.54) is 22.5 Å². The zero-order chi connectivity index (χ0) is 17.5. The molecule has 1 aliphatic rings. The van der Waals surface area contributed by atoms with Gasteiger partial charge in [-0.1, -0.05) is 11.3 Å². The number of aromatic nitrogens is 1. The molecule has 1 unspecified atom stereocenters. The summed E-state index contributed by atoms with van der Waals surface area (Å²) < 4.78 is 25.2. The number of fused-ring (bicyclic) bond motifs is 1. The molecule has 1 aromatic carbocycles. The fourth-order valence-corrected chi connectivity index (χ4v) is 4.69. The van der Waals surface area contributed by atoms with Crippen LogP contribution in [0.4, 0.5) is 10.8 Å². The van der Waals surface area contributed by atoms with Gasteiger partial charge < -0.3 is 5.32 Å². The molecule has 0 aliphatic carbocycles. The molecule has 0 radical (unpaired) electrons. The fourth-order valence-electron chi connectivity index (χ4n) is 2.67. The van der Waals surface area contributed by atoms with Crippen molar-refractivity contribution in [3.8, 4) is 0 Å². The van der Waals surface area contributed by atoms with Crippen molar-refractivity contribution in [2.24, 2.45) is 0 Å². The van der Waals surface area contributed by atoms with Crippen molar-refractivity contribution in [2.45, 2.75) is 18.9 Å². The molecule has 11 heteroatoms. The smallest absolute Gasteiger partial charge is 0.270 e. The number of nitro groups is 1. The third-order valence-electron chi connectivity index (χ3n) is 3.75. The quantitative estimate of drug-likeness (QED) is 0.644. The topological polar surface area (TPSA) is 123 Å². The molecular weight excluding hydrogens is 356 g/mol. The first-order valence-corrected chi connectivity index (χ1v) is 9.75. The van der Waals surface area contributed by atoms with Crippen LogP contribution in [0.1, 0.15) is 12.8 Å². The fraction of sp³-hybridized carbons (Fsp3) is 0.385. The molecule has 9 nitrogen and oxygen atoms in total. The van der Waals surface area contributed by atoms with E-state index < -0.39 is 26.9 Å². The summed E-state index contributed by atoms with van der Waals surface area (Å²) in [5.41, 5.74) is 0.482. The van der Waals surface area contributed by atoms with Gasteiger partial charge in [0.1, 0.15) is 6.04 Å². The van der Waals surface area contributed by atoms with Crippen LogP contribution in [-0.2, 0) is 14.8 Å². The van der Waals surface area contributed by atoms with Crippen LogP contribution in [0, 0.1) is 10.1 Å². The number of benzene rings is 1. The van der Waals surface area contributed by atoms with Gasteiger partial charge in [-0.3, -0.25) is 14.9 Å². The van der Waals surface area contributed by atoms with E-state index in [0.717, 1.165) is 17.6 Å². The second-order valence-electron chi connectivity index (χ2n) is 5.45. The minimum absolute atomic E-state index is 0.0527. The van der Waals surface area contributed by atoms with E-state index in [9.17, 15) is 23.3 Å². The molecule has 0 bridgehead atoms. The molecule has 3 rings (SSSR count). The van der Waals surface area contributed by atoms with Crippen molar-refractivity contribution in [2.75, 3.05) is 18.1 Å². The van der Waals surface area contributed by atoms with Crippen molar-refractivity contribution in [3.05, 3.63) is 28.3 Å². The maximum atomic E-state index is 12.4. The molecular formula is C13H14N4O5S2. The van der Waals surface area contributed by atoms with Gasteiger partial charge in [-0.15, -0.1) is 0 Å². The molecule has 1 atom stereocenters. The Labute approximate surface area is 141 Å². The Hall–Kier alpha value is -2.11. The van der Waals surface area contributed by atoms with Crippen molar-refractivity contribution in [3.63, 3.8) is 0 Å². The molecule has 128 valence electrons. The number of thiazole rings is 1. The standard InChI is InChI=1S/C13H14N4O5S2/c1-24(21,22)16-6-2-3-10(16)12(18)15-13-14-9-5-4-8(17(19)20)7-11(9)23-13/h4-5,7,10H,2-3,6H2,1H3,(H,14,15,18). The molecule has 1 aliphatic heterocycles. The van der Waals surface area contributed by atoms with Gasteiger partial charge in [-0.2, -0.15) is 4.31 Å². The summed E-state index contributed by atoms with van der Waals surface area (Å²) >= 11 is 1.11. The Kier molecular flexibility index (Phi) is 4.24. The van der Waals surface area contributed by atoms with Gasteiger partial charge in [0, 0.05) is 18.7 Å². The first-order chi connectivity index (χ1) is 11.3. The monoisotopic (exact) mass is 370 g/mol. The van der Waals surface area contributed by atoms with Crippen molar-refractivity contribution in [1.82, 2.24) is 9.29 Å². The Balaban J connectivity index is 1.82. The van der Waals surface area contributed by atoms with Crippen LogP contribution in [0.3, 0.4) is 0 Å². The van der Waals surface area contributed by atoms with Gasteiger partial charge >= 0.3 is 0 Å². The predicted molar refractivity (Wildman–Crippen MR) is 89.5 cm³/mol. The highest BCUT2D eigenvalue weighted by Gasteiger charge is 2.36. The third kappa shape index (κ3) is 3.23. The number of nitro benzene ring substituents is 1. The van der Waals surface area contributed by atoms with Gasteiger partial charge in [-0.05, 0) is 18.9 Å². The summed E-state index contributed by atoms with van der Waals surface area (Å²) in [5.74, 6) is -0.438.